The van der Waals surface area contributed by atoms with Gasteiger partial charge in [0.25, 0.3) is 5.91 Å². The minimum absolute atomic E-state index is 0.184. The lowest BCUT2D eigenvalue weighted by atomic mass is 9.92. The summed E-state index contributed by atoms with van der Waals surface area (Å²) in [5.74, 6) is 0.00303. The second kappa shape index (κ2) is 6.67. The molecule has 0 saturated carbocycles. The van der Waals surface area contributed by atoms with E-state index < -0.39 is 17.5 Å². The van der Waals surface area contributed by atoms with Crippen LogP contribution in [0.5, 0.6) is 0 Å². The van der Waals surface area contributed by atoms with Gasteiger partial charge in [0.05, 0.1) is 0 Å². The number of rotatable bonds is 3. The van der Waals surface area contributed by atoms with Gasteiger partial charge in [0.15, 0.2) is 0 Å². The minimum atomic E-state index is -1.18. The number of benzene rings is 1. The summed E-state index contributed by atoms with van der Waals surface area (Å²) in [6, 6.07) is 6.21. The highest BCUT2D eigenvalue weighted by atomic mass is 35.5. The molecular weight excluding hydrogens is 342 g/mol. The number of hydrogen-bond donors (Lipinski definition) is 1. The summed E-state index contributed by atoms with van der Waals surface area (Å²) in [6.07, 6.45) is 1.91. The summed E-state index contributed by atoms with van der Waals surface area (Å²) in [5.41, 5.74) is -0.546. The highest BCUT2D eigenvalue weighted by Gasteiger charge is 2.49. The molecular formula is C18H22ClN3O3. The maximum Gasteiger partial charge on any atom is 0.325 e. The highest BCUT2D eigenvalue weighted by Crippen LogP contribution is 2.29. The maximum absolute atomic E-state index is 12.8. The Balaban J connectivity index is 1.73. The van der Waals surface area contributed by atoms with Crippen molar-refractivity contribution in [3.05, 3.63) is 34.9 Å². The van der Waals surface area contributed by atoms with E-state index in [2.05, 4.69) is 12.2 Å². The molecule has 4 amide bonds. The number of likely N-dealkylation sites (tertiary alicyclic amines) is 1. The third-order valence-electron chi connectivity index (χ3n) is 5.13. The van der Waals surface area contributed by atoms with E-state index in [1.165, 1.54) is 0 Å². The highest BCUT2D eigenvalue weighted by molar-refractivity contribution is 6.30. The average molecular weight is 364 g/mol. The molecule has 6 nitrogen and oxygen atoms in total. The molecule has 25 heavy (non-hydrogen) atoms. The number of hydrogen-bond acceptors (Lipinski definition) is 3. The third kappa shape index (κ3) is 3.35. The number of nitrogens with zero attached hydrogens (tertiary/aromatic N) is 2. The lowest BCUT2D eigenvalue weighted by molar-refractivity contribution is -0.139. The number of halogens is 1. The first kappa shape index (κ1) is 17.7. The molecule has 2 aliphatic heterocycles. The molecule has 0 bridgehead atoms. The van der Waals surface area contributed by atoms with Gasteiger partial charge >= 0.3 is 6.03 Å². The molecule has 1 aromatic rings. The molecule has 1 N–H and O–H groups in total. The SMILES string of the molecule is CC1CCN(C(=O)CN2C(=O)N[C@](C)(c3ccc(Cl)cc3)C2=O)CC1. The van der Waals surface area contributed by atoms with Crippen LogP contribution in [-0.2, 0) is 15.1 Å². The number of piperidine rings is 1. The van der Waals surface area contributed by atoms with Crippen molar-refractivity contribution in [1.29, 1.82) is 0 Å². The van der Waals surface area contributed by atoms with E-state index in [9.17, 15) is 14.4 Å². The fourth-order valence-electron chi connectivity index (χ4n) is 3.31. The van der Waals surface area contributed by atoms with E-state index >= 15 is 0 Å². The Morgan fingerprint density at radius 2 is 1.84 bits per heavy atom. The van der Waals surface area contributed by atoms with Gasteiger partial charge < -0.3 is 10.2 Å². The molecule has 0 aliphatic carbocycles. The van der Waals surface area contributed by atoms with Crippen LogP contribution in [0.15, 0.2) is 24.3 Å². The molecule has 2 saturated heterocycles. The van der Waals surface area contributed by atoms with Gasteiger partial charge in [-0.25, -0.2) is 4.79 Å². The molecule has 0 unspecified atom stereocenters. The van der Waals surface area contributed by atoms with Crippen LogP contribution in [0.2, 0.25) is 5.02 Å². The molecule has 7 heteroatoms. The van der Waals surface area contributed by atoms with Crippen molar-refractivity contribution in [2.24, 2.45) is 5.92 Å². The van der Waals surface area contributed by atoms with Gasteiger partial charge in [-0.05, 0) is 43.4 Å². The lowest BCUT2D eigenvalue weighted by Gasteiger charge is -2.31. The van der Waals surface area contributed by atoms with E-state index in [0.29, 0.717) is 29.6 Å². The Labute approximate surface area is 152 Å². The van der Waals surface area contributed by atoms with Crippen LogP contribution in [0.4, 0.5) is 4.79 Å². The van der Waals surface area contributed by atoms with E-state index in [1.807, 2.05) is 0 Å². The van der Waals surface area contributed by atoms with Crippen molar-refractivity contribution < 1.29 is 14.4 Å². The molecule has 3 rings (SSSR count). The zero-order valence-electron chi connectivity index (χ0n) is 14.4. The number of carbonyl (C=O) groups excluding carboxylic acids is 3. The zero-order valence-corrected chi connectivity index (χ0v) is 15.2. The van der Waals surface area contributed by atoms with Crippen molar-refractivity contribution >= 4 is 29.4 Å². The van der Waals surface area contributed by atoms with E-state index in [1.54, 1.807) is 36.1 Å². The average Bonchev–Trinajstić information content (AvgIpc) is 2.80. The summed E-state index contributed by atoms with van der Waals surface area (Å²) >= 11 is 5.89. The first-order valence-corrected chi connectivity index (χ1v) is 8.87. The van der Waals surface area contributed by atoms with E-state index in [4.69, 9.17) is 11.6 Å². The second-order valence-corrected chi connectivity index (χ2v) is 7.45. The van der Waals surface area contributed by atoms with Crippen LogP contribution in [-0.4, -0.2) is 47.3 Å². The summed E-state index contributed by atoms with van der Waals surface area (Å²) in [6.45, 7) is 4.94. The first-order valence-electron chi connectivity index (χ1n) is 8.49. The Hall–Kier alpha value is -2.08. The van der Waals surface area contributed by atoms with Crippen LogP contribution < -0.4 is 5.32 Å². The fourth-order valence-corrected chi connectivity index (χ4v) is 3.44. The molecule has 0 aromatic heterocycles. The molecule has 2 fully saturated rings. The summed E-state index contributed by atoms with van der Waals surface area (Å²) in [5, 5.41) is 3.26. The van der Waals surface area contributed by atoms with Crippen LogP contribution in [0.3, 0.4) is 0 Å². The monoisotopic (exact) mass is 363 g/mol. The Morgan fingerprint density at radius 1 is 1.24 bits per heavy atom. The van der Waals surface area contributed by atoms with E-state index in [-0.39, 0.29) is 12.5 Å². The number of carbonyl (C=O) groups is 3. The quantitative estimate of drug-likeness (QED) is 0.838. The van der Waals surface area contributed by atoms with Crippen molar-refractivity contribution in [1.82, 2.24) is 15.1 Å². The van der Waals surface area contributed by atoms with E-state index in [0.717, 1.165) is 17.7 Å². The topological polar surface area (TPSA) is 69.7 Å². The third-order valence-corrected chi connectivity index (χ3v) is 5.38. The van der Waals surface area contributed by atoms with Gasteiger partial charge in [0.1, 0.15) is 12.1 Å². The van der Waals surface area contributed by atoms with Gasteiger partial charge in [-0.1, -0.05) is 30.7 Å². The zero-order chi connectivity index (χ0) is 18.2. The molecule has 0 spiro atoms. The molecule has 134 valence electrons. The summed E-state index contributed by atoms with van der Waals surface area (Å²) < 4.78 is 0. The van der Waals surface area contributed by atoms with Crippen molar-refractivity contribution in [3.63, 3.8) is 0 Å². The molecule has 0 radical (unpaired) electrons. The van der Waals surface area contributed by atoms with Crippen molar-refractivity contribution in [3.8, 4) is 0 Å². The summed E-state index contributed by atoms with van der Waals surface area (Å²) in [4.78, 5) is 40.4. The van der Waals surface area contributed by atoms with Crippen molar-refractivity contribution in [2.45, 2.75) is 32.2 Å². The molecule has 2 heterocycles. The van der Waals surface area contributed by atoms with Crippen LogP contribution in [0.25, 0.3) is 0 Å². The number of amides is 4. The van der Waals surface area contributed by atoms with Gasteiger partial charge in [-0.15, -0.1) is 0 Å². The fraction of sp³-hybridized carbons (Fsp3) is 0.500. The first-order chi connectivity index (χ1) is 11.8. The Kier molecular flexibility index (Phi) is 4.73. The molecule has 1 atom stereocenters. The lowest BCUT2D eigenvalue weighted by Crippen LogP contribution is -2.46. The van der Waals surface area contributed by atoms with Crippen LogP contribution in [0, 0.1) is 5.92 Å². The number of urea groups is 1. The van der Waals surface area contributed by atoms with Crippen LogP contribution >= 0.6 is 11.6 Å². The predicted molar refractivity (Wildman–Crippen MR) is 94.0 cm³/mol. The van der Waals surface area contributed by atoms with Crippen molar-refractivity contribution in [2.75, 3.05) is 19.6 Å². The Bertz CT molecular complexity index is 698. The maximum atomic E-state index is 12.8. The molecule has 1 aromatic carbocycles. The minimum Gasteiger partial charge on any atom is -0.341 e. The second-order valence-electron chi connectivity index (χ2n) is 7.02. The normalized spacial score (nSPS) is 24.6. The number of imide groups is 1. The predicted octanol–water partition coefficient (Wildman–Crippen LogP) is 2.37. The van der Waals surface area contributed by atoms with Gasteiger partial charge in [0, 0.05) is 18.1 Å². The largest absolute Gasteiger partial charge is 0.341 e. The van der Waals surface area contributed by atoms with Gasteiger partial charge in [-0.3, -0.25) is 14.5 Å². The van der Waals surface area contributed by atoms with Gasteiger partial charge in [-0.2, -0.15) is 0 Å². The van der Waals surface area contributed by atoms with Crippen LogP contribution in [0.1, 0.15) is 32.3 Å². The number of nitrogens with one attached hydrogen (secondary N) is 1. The summed E-state index contributed by atoms with van der Waals surface area (Å²) in [7, 11) is 0. The Morgan fingerprint density at radius 3 is 2.44 bits per heavy atom. The standard InChI is InChI=1S/C18H22ClN3O3/c1-12-7-9-21(10-8-12)15(23)11-22-16(24)18(2,20-17(22)25)13-3-5-14(19)6-4-13/h3-6,12H,7-11H2,1-2H3,(H,20,25)/t18-/m1/s1. The molecule has 2 aliphatic rings. The smallest absolute Gasteiger partial charge is 0.325 e. The van der Waals surface area contributed by atoms with Gasteiger partial charge in [0.2, 0.25) is 5.91 Å².